The Kier molecular flexibility index (Phi) is 6.70. The lowest BCUT2D eigenvalue weighted by atomic mass is 10.2. The summed E-state index contributed by atoms with van der Waals surface area (Å²) in [5, 5.41) is 12.4. The number of morpholine rings is 1. The fraction of sp³-hybridized carbons (Fsp3) is 0.292. The van der Waals surface area contributed by atoms with Gasteiger partial charge in [0.25, 0.3) is 5.91 Å². The zero-order valence-electron chi connectivity index (χ0n) is 18.9. The Morgan fingerprint density at radius 3 is 2.65 bits per heavy atom. The van der Waals surface area contributed by atoms with Crippen molar-refractivity contribution in [3.63, 3.8) is 0 Å². The molecule has 2 unspecified atom stereocenters. The van der Waals surface area contributed by atoms with Gasteiger partial charge in [0.1, 0.15) is 10.7 Å². The Morgan fingerprint density at radius 2 is 1.91 bits per heavy atom. The number of nitrogens with zero attached hydrogens (tertiary/aromatic N) is 6. The number of hydrogen-bond donors (Lipinski definition) is 0. The normalized spacial score (nSPS) is 18.2. The van der Waals surface area contributed by atoms with Gasteiger partial charge in [-0.05, 0) is 38.1 Å². The van der Waals surface area contributed by atoms with Crippen LogP contribution < -0.4 is 0 Å². The zero-order chi connectivity index (χ0) is 23.5. The number of rotatable bonds is 6. The fourth-order valence-corrected chi connectivity index (χ4v) is 5.70. The highest BCUT2D eigenvalue weighted by Gasteiger charge is 2.28. The van der Waals surface area contributed by atoms with Crippen molar-refractivity contribution in [2.45, 2.75) is 37.0 Å². The molecule has 0 bridgehead atoms. The maximum absolute atomic E-state index is 13.0. The van der Waals surface area contributed by atoms with E-state index in [1.165, 1.54) is 11.3 Å². The van der Waals surface area contributed by atoms with Gasteiger partial charge >= 0.3 is 0 Å². The molecule has 0 aliphatic carbocycles. The molecule has 34 heavy (non-hydrogen) atoms. The summed E-state index contributed by atoms with van der Waals surface area (Å²) in [5.41, 5.74) is 2.35. The Hall–Kier alpha value is -3.08. The summed E-state index contributed by atoms with van der Waals surface area (Å²) in [7, 11) is 0. The second-order valence-corrected chi connectivity index (χ2v) is 9.99. The quantitative estimate of drug-likeness (QED) is 0.370. The molecule has 0 radical (unpaired) electrons. The minimum atomic E-state index is -0.0409. The van der Waals surface area contributed by atoms with Crippen molar-refractivity contribution in [1.29, 1.82) is 0 Å². The number of benzene rings is 1. The summed E-state index contributed by atoms with van der Waals surface area (Å²) in [6.07, 6.45) is 3.57. The van der Waals surface area contributed by atoms with Gasteiger partial charge in [-0.3, -0.25) is 14.3 Å². The SMILES string of the molecule is CC1CN(C(=O)c2csc(CSc3nnc(-c4cccnc4)n3-c3ccccc3)n2)CC(C)O1. The number of hydrogen-bond acceptors (Lipinski definition) is 8. The van der Waals surface area contributed by atoms with Crippen LogP contribution in [0.2, 0.25) is 0 Å². The predicted molar refractivity (Wildman–Crippen MR) is 132 cm³/mol. The van der Waals surface area contributed by atoms with Crippen LogP contribution in [-0.4, -0.2) is 60.8 Å². The molecule has 4 heterocycles. The average molecular weight is 493 g/mol. The maximum atomic E-state index is 13.0. The van der Waals surface area contributed by atoms with Crippen molar-refractivity contribution >= 4 is 29.0 Å². The topological polar surface area (TPSA) is 86.0 Å². The van der Waals surface area contributed by atoms with Crippen LogP contribution in [0, 0.1) is 0 Å². The molecular weight excluding hydrogens is 468 g/mol. The van der Waals surface area contributed by atoms with E-state index in [4.69, 9.17) is 4.74 Å². The summed E-state index contributed by atoms with van der Waals surface area (Å²) in [4.78, 5) is 23.6. The number of para-hydroxylation sites is 1. The smallest absolute Gasteiger partial charge is 0.273 e. The summed E-state index contributed by atoms with van der Waals surface area (Å²) in [5.74, 6) is 1.28. The molecule has 1 aliphatic heterocycles. The van der Waals surface area contributed by atoms with Gasteiger partial charge in [-0.2, -0.15) is 0 Å². The third-order valence-electron chi connectivity index (χ3n) is 5.37. The molecule has 174 valence electrons. The van der Waals surface area contributed by atoms with Crippen LogP contribution >= 0.6 is 23.1 Å². The summed E-state index contributed by atoms with van der Waals surface area (Å²) < 4.78 is 7.77. The number of carbonyl (C=O) groups excluding carboxylic acids is 1. The number of pyridine rings is 1. The van der Waals surface area contributed by atoms with E-state index in [0.717, 1.165) is 27.2 Å². The molecular formula is C24H24N6O2S2. The molecule has 8 nitrogen and oxygen atoms in total. The molecule has 3 aromatic heterocycles. The monoisotopic (exact) mass is 492 g/mol. The van der Waals surface area contributed by atoms with Crippen molar-refractivity contribution < 1.29 is 9.53 Å². The second kappa shape index (κ2) is 10.0. The Bertz CT molecular complexity index is 1250. The Balaban J connectivity index is 1.35. The van der Waals surface area contributed by atoms with Crippen molar-refractivity contribution in [2.24, 2.45) is 0 Å². The van der Waals surface area contributed by atoms with Gasteiger partial charge in [-0.1, -0.05) is 30.0 Å². The molecule has 1 saturated heterocycles. The third-order valence-corrected chi connectivity index (χ3v) is 7.34. The number of ether oxygens (including phenoxy) is 1. The Labute approximate surface area is 206 Å². The summed E-state index contributed by atoms with van der Waals surface area (Å²) in [6.45, 7) is 5.15. The lowest BCUT2D eigenvalue weighted by Crippen LogP contribution is -2.48. The average Bonchev–Trinajstić information content (AvgIpc) is 3.50. The van der Waals surface area contributed by atoms with Gasteiger partial charge in [0.05, 0.1) is 18.0 Å². The van der Waals surface area contributed by atoms with Crippen LogP contribution in [0.3, 0.4) is 0 Å². The standard InChI is InChI=1S/C24H24N6O2S2/c1-16-12-29(13-17(2)32-16)23(31)20-14-33-21(26-20)15-34-24-28-27-22(18-7-6-10-25-11-18)30(24)19-8-4-3-5-9-19/h3-11,14,16-17H,12-13,15H2,1-2H3. The zero-order valence-corrected chi connectivity index (χ0v) is 20.5. The van der Waals surface area contributed by atoms with Crippen LogP contribution in [0.25, 0.3) is 17.1 Å². The molecule has 0 saturated carbocycles. The van der Waals surface area contributed by atoms with Crippen molar-refractivity contribution in [2.75, 3.05) is 13.1 Å². The predicted octanol–water partition coefficient (Wildman–Crippen LogP) is 4.33. The molecule has 1 aromatic carbocycles. The molecule has 10 heteroatoms. The highest BCUT2D eigenvalue weighted by molar-refractivity contribution is 7.98. The third kappa shape index (κ3) is 4.89. The molecule has 0 spiro atoms. The first-order valence-corrected chi connectivity index (χ1v) is 12.9. The molecule has 1 aliphatic rings. The summed E-state index contributed by atoms with van der Waals surface area (Å²) >= 11 is 3.03. The van der Waals surface area contributed by atoms with Crippen molar-refractivity contribution in [1.82, 2.24) is 29.6 Å². The van der Waals surface area contributed by atoms with Gasteiger partial charge in [-0.15, -0.1) is 21.5 Å². The lowest BCUT2D eigenvalue weighted by molar-refractivity contribution is -0.0587. The van der Waals surface area contributed by atoms with E-state index in [9.17, 15) is 4.79 Å². The molecule has 4 aromatic rings. The van der Waals surface area contributed by atoms with Crippen LogP contribution in [-0.2, 0) is 10.5 Å². The first-order valence-electron chi connectivity index (χ1n) is 11.0. The van der Waals surface area contributed by atoms with Gasteiger partial charge < -0.3 is 9.64 Å². The van der Waals surface area contributed by atoms with E-state index in [2.05, 4.69) is 20.2 Å². The molecule has 1 fully saturated rings. The minimum Gasteiger partial charge on any atom is -0.372 e. The number of thiazole rings is 1. The Morgan fingerprint density at radius 1 is 1.12 bits per heavy atom. The molecule has 0 N–H and O–H groups in total. The van der Waals surface area contributed by atoms with Crippen molar-refractivity contribution in [3.8, 4) is 17.1 Å². The van der Waals surface area contributed by atoms with E-state index in [-0.39, 0.29) is 18.1 Å². The fourth-order valence-electron chi connectivity index (χ4n) is 3.96. The first kappa shape index (κ1) is 22.7. The first-order chi connectivity index (χ1) is 16.6. The van der Waals surface area contributed by atoms with Gasteiger partial charge in [0.15, 0.2) is 11.0 Å². The minimum absolute atomic E-state index is 0.0275. The van der Waals surface area contributed by atoms with Gasteiger partial charge in [0.2, 0.25) is 0 Å². The lowest BCUT2D eigenvalue weighted by Gasteiger charge is -2.34. The maximum Gasteiger partial charge on any atom is 0.273 e. The molecule has 2 atom stereocenters. The van der Waals surface area contributed by atoms with Crippen LogP contribution in [0.15, 0.2) is 65.4 Å². The van der Waals surface area contributed by atoms with Crippen molar-refractivity contribution in [3.05, 3.63) is 70.9 Å². The number of thioether (sulfide) groups is 1. The number of aromatic nitrogens is 5. The highest BCUT2D eigenvalue weighted by Crippen LogP contribution is 2.30. The molecule has 5 rings (SSSR count). The van der Waals surface area contributed by atoms with E-state index < -0.39 is 0 Å². The molecule has 1 amide bonds. The van der Waals surface area contributed by atoms with Crippen LogP contribution in [0.5, 0.6) is 0 Å². The summed E-state index contributed by atoms with van der Waals surface area (Å²) in [6, 6.07) is 13.9. The van der Waals surface area contributed by atoms with Gasteiger partial charge in [-0.25, -0.2) is 4.98 Å². The van der Waals surface area contributed by atoms with E-state index in [1.54, 1.807) is 24.2 Å². The highest BCUT2D eigenvalue weighted by atomic mass is 32.2. The van der Waals surface area contributed by atoms with E-state index in [0.29, 0.717) is 24.5 Å². The largest absolute Gasteiger partial charge is 0.372 e. The van der Waals surface area contributed by atoms with Crippen LogP contribution in [0.1, 0.15) is 29.3 Å². The van der Waals surface area contributed by atoms with E-state index >= 15 is 0 Å². The van der Waals surface area contributed by atoms with Crippen LogP contribution in [0.4, 0.5) is 0 Å². The number of amides is 1. The number of carbonyl (C=O) groups is 1. The van der Waals surface area contributed by atoms with E-state index in [1.807, 2.05) is 71.2 Å². The van der Waals surface area contributed by atoms with Gasteiger partial charge in [0, 0.05) is 42.1 Å². The second-order valence-electron chi connectivity index (χ2n) is 8.10.